The number of hydrogen-bond acceptors (Lipinski definition) is 2. The maximum absolute atomic E-state index is 11.8. The van der Waals surface area contributed by atoms with Crippen LogP contribution in [0, 0.1) is 6.92 Å². The zero-order valence-corrected chi connectivity index (χ0v) is 10.7. The van der Waals surface area contributed by atoms with Crippen LogP contribution in [0.2, 0.25) is 0 Å². The van der Waals surface area contributed by atoms with E-state index in [0.29, 0.717) is 18.6 Å². The highest BCUT2D eigenvalue weighted by Gasteiger charge is 2.03. The van der Waals surface area contributed by atoms with Gasteiger partial charge >= 0.3 is 0 Å². The average Bonchev–Trinajstić information content (AvgIpc) is 2.85. The number of aromatic nitrogens is 2. The molecule has 0 spiro atoms. The highest BCUT2D eigenvalue weighted by Crippen LogP contribution is 2.06. The van der Waals surface area contributed by atoms with Crippen molar-refractivity contribution >= 4 is 5.78 Å². The quantitative estimate of drug-likeness (QED) is 0.780. The van der Waals surface area contributed by atoms with E-state index >= 15 is 0 Å². The second-order valence-corrected chi connectivity index (χ2v) is 4.61. The summed E-state index contributed by atoms with van der Waals surface area (Å²) >= 11 is 0. The van der Waals surface area contributed by atoms with Gasteiger partial charge in [-0.3, -0.25) is 4.79 Å². The molecule has 2 rings (SSSR count). The summed E-state index contributed by atoms with van der Waals surface area (Å²) in [4.78, 5) is 15.8. The molecular weight excluding hydrogens is 224 g/mol. The number of carbonyl (C=O) groups is 1. The zero-order chi connectivity index (χ0) is 12.8. The smallest absolute Gasteiger partial charge is 0.137 e. The van der Waals surface area contributed by atoms with Gasteiger partial charge in [0.1, 0.15) is 5.78 Å². The molecule has 2 aromatic rings. The molecule has 0 saturated carbocycles. The van der Waals surface area contributed by atoms with Gasteiger partial charge in [0.05, 0.1) is 6.33 Å². The fraction of sp³-hybridized carbons (Fsp3) is 0.333. The molecule has 1 aromatic heterocycles. The fourth-order valence-corrected chi connectivity index (χ4v) is 1.90. The Bertz CT molecular complexity index is 486. The molecule has 0 aliphatic heterocycles. The fourth-order valence-electron chi connectivity index (χ4n) is 1.90. The first-order valence-electron chi connectivity index (χ1n) is 6.27. The molecular formula is C15H18N2O. The van der Waals surface area contributed by atoms with E-state index in [1.165, 1.54) is 5.56 Å². The van der Waals surface area contributed by atoms with Crippen molar-refractivity contribution in [2.24, 2.45) is 0 Å². The van der Waals surface area contributed by atoms with Crippen LogP contribution in [0.15, 0.2) is 43.0 Å². The van der Waals surface area contributed by atoms with Crippen LogP contribution in [-0.2, 0) is 17.8 Å². The van der Waals surface area contributed by atoms with E-state index in [0.717, 1.165) is 18.5 Å². The van der Waals surface area contributed by atoms with E-state index in [9.17, 15) is 4.79 Å². The molecule has 3 nitrogen and oxygen atoms in total. The summed E-state index contributed by atoms with van der Waals surface area (Å²) < 4.78 is 2.00. The van der Waals surface area contributed by atoms with Gasteiger partial charge in [-0.05, 0) is 18.9 Å². The Morgan fingerprint density at radius 3 is 2.72 bits per heavy atom. The predicted octanol–water partition coefficient (Wildman–Crippen LogP) is 2.78. The van der Waals surface area contributed by atoms with Gasteiger partial charge in [0.2, 0.25) is 0 Å². The topological polar surface area (TPSA) is 34.9 Å². The largest absolute Gasteiger partial charge is 0.337 e. The van der Waals surface area contributed by atoms with Crippen molar-refractivity contribution in [2.45, 2.75) is 32.7 Å². The minimum atomic E-state index is 0.305. The third kappa shape index (κ3) is 3.84. The lowest BCUT2D eigenvalue weighted by molar-refractivity contribution is -0.118. The van der Waals surface area contributed by atoms with Crippen LogP contribution in [0.4, 0.5) is 0 Å². The van der Waals surface area contributed by atoms with Crippen molar-refractivity contribution in [3.63, 3.8) is 0 Å². The van der Waals surface area contributed by atoms with Crippen LogP contribution < -0.4 is 0 Å². The van der Waals surface area contributed by atoms with Crippen LogP contribution >= 0.6 is 0 Å². The molecule has 0 amide bonds. The summed E-state index contributed by atoms with van der Waals surface area (Å²) in [5.41, 5.74) is 2.33. The summed E-state index contributed by atoms with van der Waals surface area (Å²) in [6, 6.07) is 8.16. The van der Waals surface area contributed by atoms with Crippen molar-refractivity contribution in [2.75, 3.05) is 0 Å². The van der Waals surface area contributed by atoms with Crippen LogP contribution in [0.1, 0.15) is 24.0 Å². The Kier molecular flexibility index (Phi) is 4.29. The number of aryl methyl sites for hydroxylation is 2. The number of nitrogens with zero attached hydrogens (tertiary/aromatic N) is 2. The van der Waals surface area contributed by atoms with Crippen LogP contribution in [0.5, 0.6) is 0 Å². The number of rotatable bonds is 6. The third-order valence-corrected chi connectivity index (χ3v) is 2.95. The van der Waals surface area contributed by atoms with Gasteiger partial charge in [-0.25, -0.2) is 4.98 Å². The summed E-state index contributed by atoms with van der Waals surface area (Å²) in [6.07, 6.45) is 7.51. The number of hydrogen-bond donors (Lipinski definition) is 0. The van der Waals surface area contributed by atoms with Crippen LogP contribution in [-0.4, -0.2) is 15.3 Å². The van der Waals surface area contributed by atoms with E-state index in [2.05, 4.69) is 11.9 Å². The lowest BCUT2D eigenvalue weighted by Crippen LogP contribution is -2.05. The second kappa shape index (κ2) is 6.15. The van der Waals surface area contributed by atoms with Crippen molar-refractivity contribution < 1.29 is 4.79 Å². The van der Waals surface area contributed by atoms with E-state index in [1.807, 2.05) is 35.0 Å². The van der Waals surface area contributed by atoms with Gasteiger partial charge in [-0.1, -0.05) is 29.8 Å². The number of Topliss-reactive ketones (excluding diaryl/α,β-unsaturated/α-hetero) is 1. The van der Waals surface area contributed by atoms with Crippen LogP contribution in [0.25, 0.3) is 0 Å². The highest BCUT2D eigenvalue weighted by atomic mass is 16.1. The first-order valence-corrected chi connectivity index (χ1v) is 6.27. The Morgan fingerprint density at radius 1 is 1.28 bits per heavy atom. The summed E-state index contributed by atoms with van der Waals surface area (Å²) in [7, 11) is 0. The van der Waals surface area contributed by atoms with Gasteiger partial charge in [0.15, 0.2) is 0 Å². The zero-order valence-electron chi connectivity index (χ0n) is 10.7. The molecule has 0 saturated heterocycles. The Hall–Kier alpha value is -1.90. The maximum Gasteiger partial charge on any atom is 0.137 e. The molecule has 18 heavy (non-hydrogen) atoms. The van der Waals surface area contributed by atoms with Gasteiger partial charge in [0.25, 0.3) is 0 Å². The van der Waals surface area contributed by atoms with Crippen molar-refractivity contribution in [1.82, 2.24) is 9.55 Å². The van der Waals surface area contributed by atoms with Crippen LogP contribution in [0.3, 0.4) is 0 Å². The lowest BCUT2D eigenvalue weighted by atomic mass is 10.0. The van der Waals surface area contributed by atoms with Crippen molar-refractivity contribution in [1.29, 1.82) is 0 Å². The maximum atomic E-state index is 11.8. The normalized spacial score (nSPS) is 10.5. The van der Waals surface area contributed by atoms with E-state index < -0.39 is 0 Å². The van der Waals surface area contributed by atoms with Crippen molar-refractivity contribution in [3.8, 4) is 0 Å². The molecule has 0 aliphatic rings. The van der Waals surface area contributed by atoms with E-state index in [1.54, 1.807) is 12.5 Å². The molecule has 1 heterocycles. The lowest BCUT2D eigenvalue weighted by Gasteiger charge is -2.03. The first-order chi connectivity index (χ1) is 8.74. The minimum Gasteiger partial charge on any atom is -0.337 e. The predicted molar refractivity (Wildman–Crippen MR) is 71.4 cm³/mol. The Labute approximate surface area is 107 Å². The molecule has 0 aliphatic carbocycles. The SMILES string of the molecule is Cc1ccc(CC(=O)CCCn2ccnc2)cc1. The Morgan fingerprint density at radius 2 is 2.06 bits per heavy atom. The summed E-state index contributed by atoms with van der Waals surface area (Å²) in [5.74, 6) is 0.305. The van der Waals surface area contributed by atoms with Gasteiger partial charge in [-0.15, -0.1) is 0 Å². The van der Waals surface area contributed by atoms with Gasteiger partial charge in [0, 0.05) is 31.8 Å². The standard InChI is InChI=1S/C15H18N2O/c1-13-4-6-14(7-5-13)11-15(18)3-2-9-17-10-8-16-12-17/h4-8,10,12H,2-3,9,11H2,1H3. The molecule has 1 aromatic carbocycles. The molecule has 0 bridgehead atoms. The Balaban J connectivity index is 1.73. The summed E-state index contributed by atoms with van der Waals surface area (Å²) in [5, 5.41) is 0. The van der Waals surface area contributed by atoms with E-state index in [4.69, 9.17) is 0 Å². The molecule has 0 N–H and O–H groups in total. The summed E-state index contributed by atoms with van der Waals surface area (Å²) in [6.45, 7) is 2.91. The highest BCUT2D eigenvalue weighted by molar-refractivity contribution is 5.80. The second-order valence-electron chi connectivity index (χ2n) is 4.61. The number of benzene rings is 1. The molecule has 3 heteroatoms. The molecule has 94 valence electrons. The average molecular weight is 242 g/mol. The molecule has 0 unspecified atom stereocenters. The number of carbonyl (C=O) groups excluding carboxylic acids is 1. The van der Waals surface area contributed by atoms with Gasteiger partial charge < -0.3 is 4.57 Å². The molecule has 0 radical (unpaired) electrons. The van der Waals surface area contributed by atoms with Gasteiger partial charge in [-0.2, -0.15) is 0 Å². The monoisotopic (exact) mass is 242 g/mol. The number of imidazole rings is 1. The van der Waals surface area contributed by atoms with Crippen molar-refractivity contribution in [3.05, 3.63) is 54.1 Å². The minimum absolute atomic E-state index is 0.305. The van der Waals surface area contributed by atoms with E-state index in [-0.39, 0.29) is 0 Å². The first kappa shape index (κ1) is 12.6. The molecule has 0 fully saturated rings. The number of ketones is 1. The molecule has 0 atom stereocenters. The third-order valence-electron chi connectivity index (χ3n) is 2.95.